The first kappa shape index (κ1) is 17.0. The molecule has 122 valence electrons. The van der Waals surface area contributed by atoms with Crippen LogP contribution in [0.25, 0.3) is 0 Å². The lowest BCUT2D eigenvalue weighted by molar-refractivity contribution is -0.150. The Morgan fingerprint density at radius 2 is 1.70 bits per heavy atom. The minimum absolute atomic E-state index is 0.352. The van der Waals surface area contributed by atoms with E-state index in [1.54, 1.807) is 0 Å². The van der Waals surface area contributed by atoms with Crippen molar-refractivity contribution in [3.05, 3.63) is 60.2 Å². The highest BCUT2D eigenvalue weighted by Gasteiger charge is 2.18. The van der Waals surface area contributed by atoms with E-state index in [1.807, 2.05) is 61.5 Å². The smallest absolute Gasteiger partial charge is 0.333 e. The van der Waals surface area contributed by atoms with Gasteiger partial charge in [-0.3, -0.25) is 0 Å². The molecule has 23 heavy (non-hydrogen) atoms. The molecule has 2 aromatic carbocycles. The Morgan fingerprint density at radius 3 is 2.30 bits per heavy atom. The van der Waals surface area contributed by atoms with Crippen LogP contribution in [-0.4, -0.2) is 23.8 Å². The number of carbonyl (C=O) groups is 1. The van der Waals surface area contributed by atoms with Crippen molar-refractivity contribution in [2.24, 2.45) is 0 Å². The first-order valence-corrected chi connectivity index (χ1v) is 7.85. The number of carboxylic acids is 1. The van der Waals surface area contributed by atoms with Crippen LogP contribution < -0.4 is 4.74 Å². The van der Waals surface area contributed by atoms with E-state index >= 15 is 0 Å². The molecule has 4 heteroatoms. The van der Waals surface area contributed by atoms with Gasteiger partial charge in [0.05, 0.1) is 0 Å². The Hall–Kier alpha value is -2.33. The van der Waals surface area contributed by atoms with Gasteiger partial charge in [-0.05, 0) is 36.2 Å². The van der Waals surface area contributed by atoms with E-state index in [-0.39, 0.29) is 0 Å². The Kier molecular flexibility index (Phi) is 6.63. The van der Waals surface area contributed by atoms with Crippen LogP contribution >= 0.6 is 0 Å². The van der Waals surface area contributed by atoms with Crippen molar-refractivity contribution in [1.82, 2.24) is 0 Å². The third-order valence-corrected chi connectivity index (χ3v) is 3.42. The van der Waals surface area contributed by atoms with Gasteiger partial charge in [-0.25, -0.2) is 4.79 Å². The number of rotatable bonds is 9. The lowest BCUT2D eigenvalue weighted by Gasteiger charge is -2.14. The monoisotopic (exact) mass is 314 g/mol. The van der Waals surface area contributed by atoms with Crippen LogP contribution in [-0.2, 0) is 16.0 Å². The molecule has 1 N–H and O–H groups in total. The molecule has 0 heterocycles. The number of carboxylic acid groups (broad SMARTS) is 1. The average Bonchev–Trinajstić information content (AvgIpc) is 2.56. The molecular formula is C19H22O4. The van der Waals surface area contributed by atoms with Gasteiger partial charge in [0.15, 0.2) is 6.10 Å². The summed E-state index contributed by atoms with van der Waals surface area (Å²) in [7, 11) is 0. The zero-order chi connectivity index (χ0) is 16.5. The molecule has 0 aliphatic heterocycles. The zero-order valence-electron chi connectivity index (χ0n) is 13.3. The van der Waals surface area contributed by atoms with Gasteiger partial charge >= 0.3 is 5.97 Å². The van der Waals surface area contributed by atoms with E-state index in [0.717, 1.165) is 29.9 Å². The fraction of sp³-hybridized carbons (Fsp3) is 0.316. The van der Waals surface area contributed by atoms with Gasteiger partial charge in [0.25, 0.3) is 0 Å². The summed E-state index contributed by atoms with van der Waals surface area (Å²) in [6.45, 7) is 2.52. The molecule has 4 nitrogen and oxygen atoms in total. The molecule has 0 unspecified atom stereocenters. The molecule has 0 saturated heterocycles. The number of para-hydroxylation sites is 1. The van der Waals surface area contributed by atoms with Crippen molar-refractivity contribution in [3.63, 3.8) is 0 Å². The summed E-state index contributed by atoms with van der Waals surface area (Å²) < 4.78 is 11.2. The molecule has 0 radical (unpaired) electrons. The largest absolute Gasteiger partial charge is 0.479 e. The molecule has 0 fully saturated rings. The van der Waals surface area contributed by atoms with E-state index in [0.29, 0.717) is 13.0 Å². The number of unbranched alkanes of at least 4 members (excludes halogenated alkanes) is 1. The third-order valence-electron chi connectivity index (χ3n) is 3.42. The second-order valence-electron chi connectivity index (χ2n) is 5.31. The average molecular weight is 314 g/mol. The molecule has 0 amide bonds. The molecule has 0 aliphatic rings. The normalized spacial score (nSPS) is 11.9. The predicted molar refractivity (Wildman–Crippen MR) is 88.9 cm³/mol. The van der Waals surface area contributed by atoms with Gasteiger partial charge in [-0.1, -0.05) is 43.7 Å². The van der Waals surface area contributed by atoms with E-state index in [9.17, 15) is 9.90 Å². The number of benzene rings is 2. The predicted octanol–water partition coefficient (Wildman–Crippen LogP) is 4.29. The SMILES string of the molecule is CCCCO[C@H](Cc1ccc(Oc2ccccc2)cc1)C(=O)O. The molecule has 0 aromatic heterocycles. The van der Waals surface area contributed by atoms with Crippen molar-refractivity contribution in [2.75, 3.05) is 6.61 Å². The van der Waals surface area contributed by atoms with Gasteiger partial charge in [-0.15, -0.1) is 0 Å². The first-order valence-electron chi connectivity index (χ1n) is 7.85. The van der Waals surface area contributed by atoms with Crippen molar-refractivity contribution >= 4 is 5.97 Å². The number of hydrogen-bond donors (Lipinski definition) is 1. The zero-order valence-corrected chi connectivity index (χ0v) is 13.3. The van der Waals surface area contributed by atoms with E-state index in [1.165, 1.54) is 0 Å². The molecule has 0 bridgehead atoms. The maximum absolute atomic E-state index is 11.3. The summed E-state index contributed by atoms with van der Waals surface area (Å²) in [5.74, 6) is 0.566. The highest BCUT2D eigenvalue weighted by molar-refractivity contribution is 5.72. The quantitative estimate of drug-likeness (QED) is 0.701. The van der Waals surface area contributed by atoms with Gasteiger partial charge in [0.2, 0.25) is 0 Å². The fourth-order valence-corrected chi connectivity index (χ4v) is 2.12. The summed E-state index contributed by atoms with van der Waals surface area (Å²) in [6.07, 6.45) is 1.40. The first-order chi connectivity index (χ1) is 11.2. The Morgan fingerprint density at radius 1 is 1.04 bits per heavy atom. The van der Waals surface area contributed by atoms with Crippen LogP contribution in [0.5, 0.6) is 11.5 Å². The lowest BCUT2D eigenvalue weighted by atomic mass is 10.1. The Labute approximate surface area is 136 Å². The number of hydrogen-bond acceptors (Lipinski definition) is 3. The number of ether oxygens (including phenoxy) is 2. The van der Waals surface area contributed by atoms with Crippen LogP contribution in [0.1, 0.15) is 25.3 Å². The fourth-order valence-electron chi connectivity index (χ4n) is 2.12. The molecule has 0 saturated carbocycles. The highest BCUT2D eigenvalue weighted by atomic mass is 16.5. The molecule has 2 aromatic rings. The topological polar surface area (TPSA) is 55.8 Å². The second-order valence-corrected chi connectivity index (χ2v) is 5.31. The second kappa shape index (κ2) is 8.96. The molecule has 0 spiro atoms. The van der Waals surface area contributed by atoms with E-state index in [4.69, 9.17) is 9.47 Å². The molecule has 0 aliphatic carbocycles. The van der Waals surface area contributed by atoms with E-state index in [2.05, 4.69) is 0 Å². The van der Waals surface area contributed by atoms with Crippen LogP contribution in [0, 0.1) is 0 Å². The summed E-state index contributed by atoms with van der Waals surface area (Å²) in [5, 5.41) is 9.23. The standard InChI is InChI=1S/C19H22O4/c1-2-3-13-22-18(19(20)21)14-15-9-11-17(12-10-15)23-16-7-5-4-6-8-16/h4-12,18H,2-3,13-14H2,1H3,(H,20,21)/t18-/m1/s1. The van der Waals surface area contributed by atoms with Gasteiger partial charge in [0, 0.05) is 13.0 Å². The van der Waals surface area contributed by atoms with Gasteiger partial charge in [0.1, 0.15) is 11.5 Å². The van der Waals surface area contributed by atoms with Gasteiger partial charge < -0.3 is 14.6 Å². The summed E-state index contributed by atoms with van der Waals surface area (Å²) in [6, 6.07) is 16.9. The van der Waals surface area contributed by atoms with Crippen molar-refractivity contribution in [3.8, 4) is 11.5 Å². The minimum Gasteiger partial charge on any atom is -0.479 e. The van der Waals surface area contributed by atoms with Gasteiger partial charge in [-0.2, -0.15) is 0 Å². The van der Waals surface area contributed by atoms with Crippen LogP contribution in [0.3, 0.4) is 0 Å². The minimum atomic E-state index is -0.925. The van der Waals surface area contributed by atoms with Crippen LogP contribution in [0.2, 0.25) is 0 Å². The molecule has 2 rings (SSSR count). The third kappa shape index (κ3) is 5.75. The Bertz CT molecular complexity index is 593. The number of aliphatic carboxylic acids is 1. The summed E-state index contributed by atoms with van der Waals surface area (Å²) in [4.78, 5) is 11.3. The van der Waals surface area contributed by atoms with Crippen molar-refractivity contribution in [1.29, 1.82) is 0 Å². The van der Waals surface area contributed by atoms with Crippen molar-refractivity contribution < 1.29 is 19.4 Å². The Balaban J connectivity index is 1.94. The highest BCUT2D eigenvalue weighted by Crippen LogP contribution is 2.21. The van der Waals surface area contributed by atoms with Crippen LogP contribution in [0.15, 0.2) is 54.6 Å². The maximum Gasteiger partial charge on any atom is 0.333 e. The van der Waals surface area contributed by atoms with E-state index < -0.39 is 12.1 Å². The molecular weight excluding hydrogens is 292 g/mol. The van der Waals surface area contributed by atoms with Crippen molar-refractivity contribution in [2.45, 2.75) is 32.3 Å². The summed E-state index contributed by atoms with van der Waals surface area (Å²) >= 11 is 0. The summed E-state index contributed by atoms with van der Waals surface area (Å²) in [5.41, 5.74) is 0.911. The molecule has 1 atom stereocenters. The maximum atomic E-state index is 11.3. The lowest BCUT2D eigenvalue weighted by Crippen LogP contribution is -2.26. The van der Waals surface area contributed by atoms with Crippen LogP contribution in [0.4, 0.5) is 0 Å².